The molecule has 0 amide bonds. The van der Waals surface area contributed by atoms with Gasteiger partial charge in [-0.1, -0.05) is 0 Å². The van der Waals surface area contributed by atoms with Gasteiger partial charge in [-0.25, -0.2) is 4.98 Å². The van der Waals surface area contributed by atoms with E-state index in [2.05, 4.69) is 19.9 Å². The van der Waals surface area contributed by atoms with Crippen molar-refractivity contribution in [2.45, 2.75) is 0 Å². The van der Waals surface area contributed by atoms with E-state index in [9.17, 15) is 0 Å². The highest BCUT2D eigenvalue weighted by molar-refractivity contribution is 5.75. The molecule has 3 aromatic rings. The van der Waals surface area contributed by atoms with Crippen molar-refractivity contribution in [3.63, 3.8) is 0 Å². The summed E-state index contributed by atoms with van der Waals surface area (Å²) in [7, 11) is 0. The van der Waals surface area contributed by atoms with E-state index in [1.54, 1.807) is 31.0 Å². The third kappa shape index (κ3) is 1.50. The lowest BCUT2D eigenvalue weighted by Gasteiger charge is -2.01. The van der Waals surface area contributed by atoms with Crippen molar-refractivity contribution in [3.05, 3.63) is 49.2 Å². The summed E-state index contributed by atoms with van der Waals surface area (Å²) in [6.07, 6.45) is 8.67. The summed E-state index contributed by atoms with van der Waals surface area (Å²) in [6, 6.07) is 5.66. The van der Waals surface area contributed by atoms with E-state index in [-0.39, 0.29) is 0 Å². The van der Waals surface area contributed by atoms with Crippen LogP contribution in [0.5, 0.6) is 0 Å². The van der Waals surface area contributed by atoms with Gasteiger partial charge in [0.05, 0.1) is 23.6 Å². The fraction of sp³-hybridized carbons (Fsp3) is 0. The lowest BCUT2D eigenvalue weighted by Crippen LogP contribution is -1.89. The molecule has 0 saturated heterocycles. The Kier molecular flexibility index (Phi) is 2.04. The lowest BCUT2D eigenvalue weighted by atomic mass is 10.2. The Labute approximate surface area is 92.0 Å². The fourth-order valence-electron chi connectivity index (χ4n) is 1.53. The molecule has 0 unspecified atom stereocenters. The van der Waals surface area contributed by atoms with Gasteiger partial charge in [-0.3, -0.25) is 15.0 Å². The summed E-state index contributed by atoms with van der Waals surface area (Å²) >= 11 is 0. The van der Waals surface area contributed by atoms with E-state index in [4.69, 9.17) is 0 Å². The third-order valence-corrected chi connectivity index (χ3v) is 2.32. The average Bonchev–Trinajstić information content (AvgIpc) is 2.39. The fourth-order valence-corrected chi connectivity index (χ4v) is 1.53. The Balaban J connectivity index is 2.19. The van der Waals surface area contributed by atoms with Crippen LogP contribution >= 0.6 is 0 Å². The van der Waals surface area contributed by atoms with Crippen molar-refractivity contribution in [3.8, 4) is 11.3 Å². The van der Waals surface area contributed by atoms with Crippen LogP contribution in [0.25, 0.3) is 22.3 Å². The summed E-state index contributed by atoms with van der Waals surface area (Å²) in [4.78, 5) is 16.8. The summed E-state index contributed by atoms with van der Waals surface area (Å²) in [5.41, 5.74) is 3.50. The largest absolute Gasteiger partial charge is 0.265 e. The Hall–Kier alpha value is -2.36. The van der Waals surface area contributed by atoms with Crippen molar-refractivity contribution >= 4 is 11.0 Å². The van der Waals surface area contributed by atoms with Crippen LogP contribution in [0.3, 0.4) is 0 Å². The first-order valence-corrected chi connectivity index (χ1v) is 4.91. The normalized spacial score (nSPS) is 10.5. The van der Waals surface area contributed by atoms with E-state index in [1.807, 2.05) is 18.2 Å². The first-order chi connectivity index (χ1) is 7.93. The van der Waals surface area contributed by atoms with E-state index >= 15 is 0 Å². The van der Waals surface area contributed by atoms with Gasteiger partial charge < -0.3 is 0 Å². The minimum Gasteiger partial charge on any atom is -0.265 e. The van der Waals surface area contributed by atoms with Crippen LogP contribution in [0.4, 0.5) is 0 Å². The highest BCUT2D eigenvalue weighted by Crippen LogP contribution is 2.17. The van der Waals surface area contributed by atoms with Gasteiger partial charge in [-0.2, -0.15) is 0 Å². The molecule has 16 heavy (non-hydrogen) atoms. The molecule has 3 rings (SSSR count). The molecular weight excluding hydrogens is 200 g/mol. The quantitative estimate of drug-likeness (QED) is 0.614. The van der Waals surface area contributed by atoms with E-state index in [1.165, 1.54) is 0 Å². The Morgan fingerprint density at radius 1 is 0.750 bits per heavy atom. The zero-order valence-electron chi connectivity index (χ0n) is 8.41. The van der Waals surface area contributed by atoms with Crippen molar-refractivity contribution < 1.29 is 0 Å². The maximum atomic E-state index is 4.49. The SMILES string of the molecule is c1cc(-c2cnc3ccncc3n2)ccn1. The highest BCUT2D eigenvalue weighted by Gasteiger charge is 2.01. The number of pyridine rings is 2. The molecule has 0 fully saturated rings. The molecule has 0 aromatic carbocycles. The zero-order valence-corrected chi connectivity index (χ0v) is 8.41. The highest BCUT2D eigenvalue weighted by atomic mass is 14.8. The number of hydrogen-bond acceptors (Lipinski definition) is 4. The standard InChI is InChI=1S/C12H8N4/c1-4-13-5-2-9(1)11-8-15-10-3-6-14-7-12(10)16-11/h1-8H. The molecule has 4 nitrogen and oxygen atoms in total. The summed E-state index contributed by atoms with van der Waals surface area (Å²) in [6.45, 7) is 0. The van der Waals surface area contributed by atoms with Crippen LogP contribution in [0.15, 0.2) is 49.2 Å². The molecular formula is C12H8N4. The maximum Gasteiger partial charge on any atom is 0.108 e. The maximum absolute atomic E-state index is 4.49. The molecule has 4 heteroatoms. The molecule has 3 aromatic heterocycles. The predicted octanol–water partition coefficient (Wildman–Crippen LogP) is 2.09. The molecule has 0 saturated carbocycles. The van der Waals surface area contributed by atoms with Crippen LogP contribution in [0, 0.1) is 0 Å². The van der Waals surface area contributed by atoms with Crippen LogP contribution in [-0.4, -0.2) is 19.9 Å². The first-order valence-electron chi connectivity index (χ1n) is 4.91. The van der Waals surface area contributed by atoms with Gasteiger partial charge >= 0.3 is 0 Å². The zero-order chi connectivity index (χ0) is 10.8. The number of rotatable bonds is 1. The number of hydrogen-bond donors (Lipinski definition) is 0. The third-order valence-electron chi connectivity index (χ3n) is 2.32. The minimum absolute atomic E-state index is 0.803. The topological polar surface area (TPSA) is 51.6 Å². The smallest absolute Gasteiger partial charge is 0.108 e. The molecule has 0 aliphatic carbocycles. The minimum atomic E-state index is 0.803. The van der Waals surface area contributed by atoms with Gasteiger partial charge in [0.2, 0.25) is 0 Å². The molecule has 3 heterocycles. The second-order valence-electron chi connectivity index (χ2n) is 3.36. The second-order valence-corrected chi connectivity index (χ2v) is 3.36. The molecule has 0 atom stereocenters. The molecule has 0 spiro atoms. The molecule has 0 bridgehead atoms. The first kappa shape index (κ1) is 8.91. The van der Waals surface area contributed by atoms with Crippen molar-refractivity contribution in [2.24, 2.45) is 0 Å². The predicted molar refractivity (Wildman–Crippen MR) is 60.6 cm³/mol. The molecule has 0 aliphatic rings. The van der Waals surface area contributed by atoms with Gasteiger partial charge in [-0.05, 0) is 18.2 Å². The monoisotopic (exact) mass is 208 g/mol. The van der Waals surface area contributed by atoms with E-state index in [0.29, 0.717) is 0 Å². The van der Waals surface area contributed by atoms with Gasteiger partial charge in [0.25, 0.3) is 0 Å². The van der Waals surface area contributed by atoms with Crippen LogP contribution < -0.4 is 0 Å². The van der Waals surface area contributed by atoms with Gasteiger partial charge in [-0.15, -0.1) is 0 Å². The van der Waals surface area contributed by atoms with E-state index in [0.717, 1.165) is 22.3 Å². The van der Waals surface area contributed by atoms with E-state index < -0.39 is 0 Å². The Morgan fingerprint density at radius 3 is 2.44 bits per heavy atom. The molecule has 0 aliphatic heterocycles. The number of aromatic nitrogens is 4. The van der Waals surface area contributed by atoms with Gasteiger partial charge in [0, 0.05) is 24.2 Å². The molecule has 0 radical (unpaired) electrons. The summed E-state index contributed by atoms with van der Waals surface area (Å²) in [5, 5.41) is 0. The van der Waals surface area contributed by atoms with Gasteiger partial charge in [0.15, 0.2) is 0 Å². The molecule has 0 N–H and O–H groups in total. The van der Waals surface area contributed by atoms with Crippen molar-refractivity contribution in [1.29, 1.82) is 0 Å². The Morgan fingerprint density at radius 2 is 1.56 bits per heavy atom. The molecule has 76 valence electrons. The number of fused-ring (bicyclic) bond motifs is 1. The van der Waals surface area contributed by atoms with Crippen LogP contribution in [0.1, 0.15) is 0 Å². The second kappa shape index (κ2) is 3.66. The number of nitrogens with zero attached hydrogens (tertiary/aromatic N) is 4. The summed E-state index contributed by atoms with van der Waals surface area (Å²) in [5.74, 6) is 0. The van der Waals surface area contributed by atoms with Crippen LogP contribution in [0.2, 0.25) is 0 Å². The van der Waals surface area contributed by atoms with Crippen LogP contribution in [-0.2, 0) is 0 Å². The van der Waals surface area contributed by atoms with Gasteiger partial charge in [0.1, 0.15) is 5.52 Å². The van der Waals surface area contributed by atoms with Crippen molar-refractivity contribution in [1.82, 2.24) is 19.9 Å². The summed E-state index contributed by atoms with van der Waals surface area (Å²) < 4.78 is 0. The average molecular weight is 208 g/mol. The Bertz CT molecular complexity index is 622. The lowest BCUT2D eigenvalue weighted by molar-refractivity contribution is 1.24. The van der Waals surface area contributed by atoms with Crippen molar-refractivity contribution in [2.75, 3.05) is 0 Å².